The van der Waals surface area contributed by atoms with Crippen LogP contribution < -0.4 is 10.6 Å². The average Bonchev–Trinajstić information content (AvgIpc) is 3.26. The lowest BCUT2D eigenvalue weighted by Gasteiger charge is -2.15. The normalized spacial score (nSPS) is 16.3. The second-order valence-corrected chi connectivity index (χ2v) is 4.76. The predicted molar refractivity (Wildman–Crippen MR) is 73.1 cm³/mol. The van der Waals surface area contributed by atoms with Crippen LogP contribution in [0.25, 0.3) is 0 Å². The number of hydrogen-bond acceptors (Lipinski definition) is 6. The molecule has 6 nitrogen and oxygen atoms in total. The number of anilines is 1. The van der Waals surface area contributed by atoms with Gasteiger partial charge in [0.2, 0.25) is 0 Å². The average molecular weight is 266 g/mol. The summed E-state index contributed by atoms with van der Waals surface area (Å²) in [6.07, 6.45) is 2.58. The fraction of sp³-hybridized carbons (Fsp3) is 0.692. The third-order valence-corrected chi connectivity index (χ3v) is 3.07. The third kappa shape index (κ3) is 5.10. The van der Waals surface area contributed by atoms with Gasteiger partial charge in [-0.25, -0.2) is 0 Å². The molecule has 0 bridgehead atoms. The molecular weight excluding hydrogens is 244 g/mol. The quantitative estimate of drug-likeness (QED) is 0.689. The molecule has 2 N–H and O–H groups in total. The molecule has 1 aliphatic carbocycles. The molecule has 1 unspecified atom stereocenters. The first-order valence-electron chi connectivity index (χ1n) is 6.63. The Balaban J connectivity index is 1.73. The van der Waals surface area contributed by atoms with Gasteiger partial charge in [0, 0.05) is 33.4 Å². The lowest BCUT2D eigenvalue weighted by Crippen LogP contribution is -2.27. The van der Waals surface area contributed by atoms with Crippen LogP contribution in [-0.2, 0) is 16.0 Å². The van der Waals surface area contributed by atoms with Gasteiger partial charge >= 0.3 is 0 Å². The van der Waals surface area contributed by atoms with Gasteiger partial charge in [0.05, 0.1) is 18.4 Å². The second-order valence-electron chi connectivity index (χ2n) is 4.76. The number of methoxy groups -OCH3 is 2. The minimum Gasteiger partial charge on any atom is -0.382 e. The van der Waals surface area contributed by atoms with E-state index in [-0.39, 0.29) is 6.10 Å². The number of aromatic nitrogens is 2. The van der Waals surface area contributed by atoms with Gasteiger partial charge in [0.1, 0.15) is 5.82 Å². The van der Waals surface area contributed by atoms with Crippen molar-refractivity contribution in [3.63, 3.8) is 0 Å². The molecule has 0 aliphatic heterocycles. The van der Waals surface area contributed by atoms with Gasteiger partial charge in [0.25, 0.3) is 0 Å². The molecule has 0 aromatic carbocycles. The van der Waals surface area contributed by atoms with Crippen LogP contribution in [0, 0.1) is 0 Å². The molecule has 0 saturated heterocycles. The van der Waals surface area contributed by atoms with E-state index >= 15 is 0 Å². The van der Waals surface area contributed by atoms with Crippen LogP contribution in [0.2, 0.25) is 0 Å². The smallest absolute Gasteiger partial charge is 0.148 e. The van der Waals surface area contributed by atoms with E-state index in [1.54, 1.807) is 14.2 Å². The van der Waals surface area contributed by atoms with Gasteiger partial charge in [-0.1, -0.05) is 0 Å². The molecule has 0 radical (unpaired) electrons. The van der Waals surface area contributed by atoms with Crippen molar-refractivity contribution in [3.8, 4) is 0 Å². The highest BCUT2D eigenvalue weighted by Gasteiger charge is 2.20. The van der Waals surface area contributed by atoms with E-state index in [4.69, 9.17) is 9.47 Å². The molecule has 1 aliphatic rings. The molecule has 2 rings (SSSR count). The lowest BCUT2D eigenvalue weighted by molar-refractivity contribution is 0.0365. The molecular formula is C13H22N4O2. The van der Waals surface area contributed by atoms with Crippen molar-refractivity contribution in [2.75, 3.05) is 32.7 Å². The first-order chi connectivity index (χ1) is 9.31. The predicted octanol–water partition coefficient (Wildman–Crippen LogP) is 0.802. The molecule has 19 heavy (non-hydrogen) atoms. The Morgan fingerprint density at radius 2 is 2.16 bits per heavy atom. The van der Waals surface area contributed by atoms with E-state index in [1.165, 1.54) is 12.8 Å². The summed E-state index contributed by atoms with van der Waals surface area (Å²) in [6.45, 7) is 2.00. The van der Waals surface area contributed by atoms with Crippen LogP contribution in [0.3, 0.4) is 0 Å². The molecule has 0 spiro atoms. The SMILES string of the molecule is COCC(CNc1ccc(CNC2CC2)nn1)OC. The summed E-state index contributed by atoms with van der Waals surface area (Å²) in [5.41, 5.74) is 0.970. The van der Waals surface area contributed by atoms with E-state index in [0.29, 0.717) is 19.2 Å². The lowest BCUT2D eigenvalue weighted by atomic mass is 10.3. The first kappa shape index (κ1) is 14.2. The third-order valence-electron chi connectivity index (χ3n) is 3.07. The number of rotatable bonds is 9. The Hall–Kier alpha value is -1.24. The Morgan fingerprint density at radius 1 is 1.32 bits per heavy atom. The molecule has 1 atom stereocenters. The van der Waals surface area contributed by atoms with Gasteiger partial charge in [-0.15, -0.1) is 5.10 Å². The number of hydrogen-bond donors (Lipinski definition) is 2. The molecule has 1 fully saturated rings. The van der Waals surface area contributed by atoms with E-state index in [2.05, 4.69) is 20.8 Å². The van der Waals surface area contributed by atoms with E-state index < -0.39 is 0 Å². The summed E-state index contributed by atoms with van der Waals surface area (Å²) in [7, 11) is 3.33. The zero-order valence-electron chi connectivity index (χ0n) is 11.6. The standard InChI is InChI=1S/C13H22N4O2/c1-18-9-12(19-2)8-15-13-6-5-11(16-17-13)7-14-10-3-4-10/h5-6,10,12,14H,3-4,7-9H2,1-2H3,(H,15,17). The molecule has 6 heteroatoms. The Kier molecular flexibility index (Phi) is 5.50. The van der Waals surface area contributed by atoms with Gasteiger partial charge in [-0.05, 0) is 25.0 Å². The van der Waals surface area contributed by atoms with Crippen LogP contribution in [0.1, 0.15) is 18.5 Å². The van der Waals surface area contributed by atoms with Crippen LogP contribution in [0.5, 0.6) is 0 Å². The van der Waals surface area contributed by atoms with Crippen molar-refractivity contribution in [2.45, 2.75) is 31.5 Å². The van der Waals surface area contributed by atoms with Crippen LogP contribution in [0.4, 0.5) is 5.82 Å². The largest absolute Gasteiger partial charge is 0.382 e. The Bertz CT molecular complexity index is 367. The molecule has 0 amide bonds. The van der Waals surface area contributed by atoms with Crippen molar-refractivity contribution < 1.29 is 9.47 Å². The van der Waals surface area contributed by atoms with Crippen LogP contribution >= 0.6 is 0 Å². The van der Waals surface area contributed by atoms with Crippen LogP contribution in [0.15, 0.2) is 12.1 Å². The van der Waals surface area contributed by atoms with E-state index in [0.717, 1.165) is 18.1 Å². The maximum atomic E-state index is 5.26. The first-order valence-corrected chi connectivity index (χ1v) is 6.63. The highest BCUT2D eigenvalue weighted by Crippen LogP contribution is 2.18. The van der Waals surface area contributed by atoms with Crippen molar-refractivity contribution >= 4 is 5.82 Å². The summed E-state index contributed by atoms with van der Waals surface area (Å²) in [6, 6.07) is 4.62. The van der Waals surface area contributed by atoms with Gasteiger partial charge in [-0.3, -0.25) is 0 Å². The maximum Gasteiger partial charge on any atom is 0.148 e. The fourth-order valence-electron chi connectivity index (χ4n) is 1.70. The highest BCUT2D eigenvalue weighted by molar-refractivity contribution is 5.33. The number of nitrogens with one attached hydrogen (secondary N) is 2. The van der Waals surface area contributed by atoms with Crippen molar-refractivity contribution in [1.82, 2.24) is 15.5 Å². The van der Waals surface area contributed by atoms with Gasteiger partial charge in [0.15, 0.2) is 0 Å². The van der Waals surface area contributed by atoms with Crippen molar-refractivity contribution in [3.05, 3.63) is 17.8 Å². The Morgan fingerprint density at radius 3 is 2.74 bits per heavy atom. The molecule has 1 heterocycles. The summed E-state index contributed by atoms with van der Waals surface area (Å²) >= 11 is 0. The summed E-state index contributed by atoms with van der Waals surface area (Å²) < 4.78 is 10.3. The van der Waals surface area contributed by atoms with E-state index in [1.807, 2.05) is 12.1 Å². The number of nitrogens with zero attached hydrogens (tertiary/aromatic N) is 2. The molecule has 1 saturated carbocycles. The van der Waals surface area contributed by atoms with Crippen LogP contribution in [-0.4, -0.2) is 49.7 Å². The monoisotopic (exact) mass is 266 g/mol. The zero-order valence-corrected chi connectivity index (χ0v) is 11.6. The minimum atomic E-state index is 0.0167. The zero-order chi connectivity index (χ0) is 13.5. The molecule has 106 valence electrons. The van der Waals surface area contributed by atoms with Crippen molar-refractivity contribution in [2.24, 2.45) is 0 Å². The summed E-state index contributed by atoms with van der Waals surface area (Å²) in [5, 5.41) is 14.9. The van der Waals surface area contributed by atoms with Gasteiger partial charge < -0.3 is 20.1 Å². The molecule has 1 aromatic heterocycles. The summed E-state index contributed by atoms with van der Waals surface area (Å²) in [5.74, 6) is 0.758. The van der Waals surface area contributed by atoms with E-state index in [9.17, 15) is 0 Å². The molecule has 1 aromatic rings. The topological polar surface area (TPSA) is 68.3 Å². The second kappa shape index (κ2) is 7.37. The minimum absolute atomic E-state index is 0.0167. The van der Waals surface area contributed by atoms with Gasteiger partial charge in [-0.2, -0.15) is 5.10 Å². The Labute approximate surface area is 113 Å². The number of ether oxygens (including phenoxy) is 2. The van der Waals surface area contributed by atoms with Crippen molar-refractivity contribution in [1.29, 1.82) is 0 Å². The fourth-order valence-corrected chi connectivity index (χ4v) is 1.70. The summed E-state index contributed by atoms with van der Waals surface area (Å²) in [4.78, 5) is 0. The maximum absolute atomic E-state index is 5.26. The highest BCUT2D eigenvalue weighted by atomic mass is 16.5.